The van der Waals surface area contributed by atoms with Crippen LogP contribution in [0, 0.1) is 0 Å². The maximum Gasteiger partial charge on any atom is 0.336 e. The van der Waals surface area contributed by atoms with E-state index in [1.807, 2.05) is 60.7 Å². The molecule has 0 radical (unpaired) electrons. The van der Waals surface area contributed by atoms with Crippen molar-refractivity contribution in [2.24, 2.45) is 0 Å². The average Bonchev–Trinajstić information content (AvgIpc) is 3.30. The third kappa shape index (κ3) is 3.89. The summed E-state index contributed by atoms with van der Waals surface area (Å²) < 4.78 is 28.6. The fourth-order valence-corrected chi connectivity index (χ4v) is 7.92. The minimum absolute atomic E-state index is 0.0461. The van der Waals surface area contributed by atoms with Crippen molar-refractivity contribution in [1.82, 2.24) is 4.98 Å². The molecule has 2 heterocycles. The number of hydrogen-bond acceptors (Lipinski definition) is 5. The number of para-hydroxylation sites is 4. The second-order valence-electron chi connectivity index (χ2n) is 8.09. The zero-order valence-electron chi connectivity index (χ0n) is 18.9. The Kier molecular flexibility index (Phi) is 5.83. The molecule has 1 aliphatic rings. The molecule has 178 valence electrons. The molecule has 1 aliphatic heterocycles. The molecular weight excluding hydrogens is 511 g/mol. The van der Waals surface area contributed by atoms with Crippen molar-refractivity contribution in [2.45, 2.75) is 19.8 Å². The molecule has 1 N–H and O–H groups in total. The maximum absolute atomic E-state index is 13.7. The first-order valence-corrected chi connectivity index (χ1v) is 14.4. The Balaban J connectivity index is 1.38. The van der Waals surface area contributed by atoms with E-state index < -0.39 is 10.0 Å². The lowest BCUT2D eigenvalue weighted by Gasteiger charge is -2.30. The van der Waals surface area contributed by atoms with Gasteiger partial charge < -0.3 is 0 Å². The number of imidazole rings is 1. The zero-order valence-corrected chi connectivity index (χ0v) is 21.3. The third-order valence-electron chi connectivity index (χ3n) is 5.84. The van der Waals surface area contributed by atoms with Crippen LogP contribution in [0.1, 0.15) is 0 Å². The first kappa shape index (κ1) is 22.9. The summed E-state index contributed by atoms with van der Waals surface area (Å²) in [5.74, 6) is -0.0905. The SMILES string of the molecule is O=C(CSc1[nH]c2ccccc2[n+]1S(=O)(=O)c1ccccc1)N1c2ccccc2Sc2ccccc21. The maximum atomic E-state index is 13.7. The van der Waals surface area contributed by atoms with Crippen LogP contribution in [0.5, 0.6) is 0 Å². The smallest absolute Gasteiger partial charge is 0.278 e. The van der Waals surface area contributed by atoms with Gasteiger partial charge in [-0.2, -0.15) is 8.42 Å². The van der Waals surface area contributed by atoms with Gasteiger partial charge in [-0.05, 0) is 60.3 Å². The van der Waals surface area contributed by atoms with Crippen LogP contribution < -0.4 is 8.87 Å². The van der Waals surface area contributed by atoms with Crippen LogP contribution in [0.25, 0.3) is 11.0 Å². The van der Waals surface area contributed by atoms with Crippen LogP contribution in [-0.4, -0.2) is 25.1 Å². The molecule has 1 aromatic heterocycles. The predicted octanol–water partition coefficient (Wildman–Crippen LogP) is 5.61. The first-order valence-electron chi connectivity index (χ1n) is 11.2. The standard InChI is InChI=1S/C27H19N3O3S3/c31-26(29-22-14-6-8-16-24(22)35-25-17-9-7-15-23(25)29)18-34-27-28-20-12-4-5-13-21(20)30(27)36(32,33)19-10-2-1-3-11-19/h1-17H,18H2/p+1. The van der Waals surface area contributed by atoms with Gasteiger partial charge in [-0.15, -0.1) is 3.97 Å². The fourth-order valence-electron chi connectivity index (χ4n) is 4.23. The molecule has 5 aromatic rings. The highest BCUT2D eigenvalue weighted by atomic mass is 32.2. The summed E-state index contributed by atoms with van der Waals surface area (Å²) in [6, 6.07) is 31.2. The molecule has 0 bridgehead atoms. The van der Waals surface area contributed by atoms with Gasteiger partial charge in [0.2, 0.25) is 5.91 Å². The van der Waals surface area contributed by atoms with Crippen LogP contribution in [0.15, 0.2) is 123 Å². The van der Waals surface area contributed by atoms with E-state index in [2.05, 4.69) is 4.98 Å². The second-order valence-corrected chi connectivity index (χ2v) is 11.9. The molecule has 1 amide bonds. The van der Waals surface area contributed by atoms with Gasteiger partial charge >= 0.3 is 15.2 Å². The van der Waals surface area contributed by atoms with Gasteiger partial charge in [0, 0.05) is 9.79 Å². The number of aromatic amines is 1. The number of anilines is 2. The van der Waals surface area contributed by atoms with Crippen molar-refractivity contribution in [3.63, 3.8) is 0 Å². The number of carbonyl (C=O) groups is 1. The second kappa shape index (κ2) is 9.16. The summed E-state index contributed by atoms with van der Waals surface area (Å²) in [6.45, 7) is 0. The van der Waals surface area contributed by atoms with Gasteiger partial charge in [0.15, 0.2) is 11.0 Å². The number of carbonyl (C=O) groups excluding carboxylic acids is 1. The van der Waals surface area contributed by atoms with Crippen molar-refractivity contribution < 1.29 is 17.2 Å². The van der Waals surface area contributed by atoms with E-state index in [4.69, 9.17) is 0 Å². The van der Waals surface area contributed by atoms with Gasteiger partial charge in [-0.1, -0.05) is 66.4 Å². The van der Waals surface area contributed by atoms with Crippen LogP contribution >= 0.6 is 23.5 Å². The summed E-state index contributed by atoms with van der Waals surface area (Å²) >= 11 is 2.81. The molecule has 0 unspecified atom stereocenters. The fraction of sp³-hybridized carbons (Fsp3) is 0.0370. The number of aromatic nitrogens is 2. The Morgan fingerprint density at radius 3 is 2.08 bits per heavy atom. The van der Waals surface area contributed by atoms with Crippen molar-refractivity contribution in [3.8, 4) is 0 Å². The van der Waals surface area contributed by atoms with Crippen molar-refractivity contribution in [3.05, 3.63) is 103 Å². The van der Waals surface area contributed by atoms with E-state index in [-0.39, 0.29) is 16.6 Å². The average molecular weight is 531 g/mol. The predicted molar refractivity (Wildman–Crippen MR) is 142 cm³/mol. The van der Waals surface area contributed by atoms with Crippen molar-refractivity contribution >= 4 is 61.9 Å². The van der Waals surface area contributed by atoms with E-state index in [0.29, 0.717) is 16.2 Å². The number of nitrogens with one attached hydrogen (secondary N) is 1. The van der Waals surface area contributed by atoms with E-state index in [1.54, 1.807) is 59.1 Å². The minimum Gasteiger partial charge on any atom is -0.278 e. The lowest BCUT2D eigenvalue weighted by atomic mass is 10.2. The number of benzene rings is 4. The molecule has 4 aromatic carbocycles. The Morgan fingerprint density at radius 1 is 0.806 bits per heavy atom. The number of rotatable bonds is 5. The van der Waals surface area contributed by atoms with Gasteiger partial charge in [-0.3, -0.25) is 9.69 Å². The van der Waals surface area contributed by atoms with Crippen molar-refractivity contribution in [2.75, 3.05) is 10.7 Å². The molecule has 0 saturated carbocycles. The lowest BCUT2D eigenvalue weighted by molar-refractivity contribution is -0.526. The van der Waals surface area contributed by atoms with E-state index in [9.17, 15) is 13.2 Å². The van der Waals surface area contributed by atoms with Gasteiger partial charge in [0.05, 0.1) is 17.1 Å². The Morgan fingerprint density at radius 2 is 1.39 bits per heavy atom. The van der Waals surface area contributed by atoms with Crippen molar-refractivity contribution in [1.29, 1.82) is 0 Å². The van der Waals surface area contributed by atoms with E-state index in [0.717, 1.165) is 21.2 Å². The van der Waals surface area contributed by atoms with Crippen LogP contribution in [0.4, 0.5) is 11.4 Å². The summed E-state index contributed by atoms with van der Waals surface area (Å²) in [7, 11) is -3.89. The molecule has 6 rings (SSSR count). The monoisotopic (exact) mass is 530 g/mol. The number of amides is 1. The molecule has 0 aliphatic carbocycles. The molecule has 0 spiro atoms. The molecule has 0 saturated heterocycles. The van der Waals surface area contributed by atoms with Gasteiger partial charge in [0.25, 0.3) is 0 Å². The number of fused-ring (bicyclic) bond motifs is 3. The van der Waals surface area contributed by atoms with Crippen LogP contribution in [0.3, 0.4) is 0 Å². The molecule has 0 fully saturated rings. The number of H-pyrrole nitrogens is 1. The molecular formula is C27H20N3O3S3+. The Hall–Kier alpha value is -3.53. The number of hydrogen-bond donors (Lipinski definition) is 1. The highest BCUT2D eigenvalue weighted by Gasteiger charge is 2.33. The number of thioether (sulfide) groups is 1. The summed E-state index contributed by atoms with van der Waals surface area (Å²) in [5, 5.41) is 0.376. The highest BCUT2D eigenvalue weighted by Crippen LogP contribution is 2.48. The Labute approximate surface area is 217 Å². The summed E-state index contributed by atoms with van der Waals surface area (Å²) in [4.78, 5) is 20.8. The summed E-state index contributed by atoms with van der Waals surface area (Å²) in [5.41, 5.74) is 2.86. The van der Waals surface area contributed by atoms with E-state index >= 15 is 0 Å². The minimum atomic E-state index is -3.89. The topological polar surface area (TPSA) is 74.1 Å². The molecule has 6 nitrogen and oxygen atoms in total. The van der Waals surface area contributed by atoms with Crippen LogP contribution in [0.2, 0.25) is 0 Å². The summed E-state index contributed by atoms with van der Waals surface area (Å²) in [6.07, 6.45) is 0. The molecule has 36 heavy (non-hydrogen) atoms. The largest absolute Gasteiger partial charge is 0.336 e. The molecule has 0 atom stereocenters. The van der Waals surface area contributed by atoms with Crippen LogP contribution in [-0.2, 0) is 14.8 Å². The quantitative estimate of drug-likeness (QED) is 0.236. The first-order chi connectivity index (χ1) is 17.5. The lowest BCUT2D eigenvalue weighted by Crippen LogP contribution is -2.44. The highest BCUT2D eigenvalue weighted by molar-refractivity contribution is 8.00. The van der Waals surface area contributed by atoms with Gasteiger partial charge in [-0.25, -0.2) is 4.98 Å². The normalized spacial score (nSPS) is 12.8. The Bertz CT molecular complexity index is 1670. The van der Waals surface area contributed by atoms with E-state index in [1.165, 1.54) is 15.7 Å². The number of nitrogens with zero attached hydrogens (tertiary/aromatic N) is 2. The zero-order chi connectivity index (χ0) is 24.7. The van der Waals surface area contributed by atoms with Gasteiger partial charge in [0.1, 0.15) is 4.90 Å². The third-order valence-corrected chi connectivity index (χ3v) is 9.77. The molecule has 9 heteroatoms.